The maximum atomic E-state index is 12.9. The number of likely N-dealkylation sites (tertiary alicyclic amines) is 1. The van der Waals surface area contributed by atoms with E-state index in [4.69, 9.17) is 9.15 Å². The van der Waals surface area contributed by atoms with Gasteiger partial charge in [0, 0.05) is 12.1 Å². The van der Waals surface area contributed by atoms with Crippen LogP contribution in [0.5, 0.6) is 0 Å². The number of alkyl halides is 3. The lowest BCUT2D eigenvalue weighted by Gasteiger charge is -2.33. The summed E-state index contributed by atoms with van der Waals surface area (Å²) in [5.41, 5.74) is 0.125. The second-order valence-electron chi connectivity index (χ2n) is 6.61. The lowest BCUT2D eigenvalue weighted by atomic mass is 10.0. The molecule has 1 aromatic heterocycles. The van der Waals surface area contributed by atoms with Crippen molar-refractivity contribution in [1.82, 2.24) is 9.88 Å². The number of hydrogen-bond acceptors (Lipinski definition) is 5. The molecule has 0 N–H and O–H groups in total. The van der Waals surface area contributed by atoms with Crippen molar-refractivity contribution in [3.63, 3.8) is 0 Å². The molecule has 0 spiro atoms. The van der Waals surface area contributed by atoms with Gasteiger partial charge in [0.15, 0.2) is 0 Å². The van der Waals surface area contributed by atoms with E-state index in [1.807, 2.05) is 4.90 Å². The summed E-state index contributed by atoms with van der Waals surface area (Å²) < 4.78 is 49.3. The Morgan fingerprint density at radius 2 is 2.15 bits per heavy atom. The van der Waals surface area contributed by atoms with Crippen LogP contribution < -0.4 is 0 Å². The van der Waals surface area contributed by atoms with Gasteiger partial charge in [0.25, 0.3) is 0 Å². The third-order valence-electron chi connectivity index (χ3n) is 4.77. The zero-order valence-electron chi connectivity index (χ0n) is 15.2. The van der Waals surface area contributed by atoms with Gasteiger partial charge in [0.05, 0.1) is 18.4 Å². The van der Waals surface area contributed by atoms with Crippen LogP contribution >= 0.6 is 0 Å². The van der Waals surface area contributed by atoms with Crippen LogP contribution in [0.15, 0.2) is 28.7 Å². The summed E-state index contributed by atoms with van der Waals surface area (Å²) in [5, 5.41) is 0. The molecule has 0 aliphatic carbocycles. The number of aryl methyl sites for hydroxylation is 1. The van der Waals surface area contributed by atoms with Crippen LogP contribution in [0.4, 0.5) is 13.2 Å². The molecular weight excluding hydrogens is 361 g/mol. The first-order valence-electron chi connectivity index (χ1n) is 8.75. The number of nitrogens with zero attached hydrogens (tertiary/aromatic N) is 2. The van der Waals surface area contributed by atoms with Crippen molar-refractivity contribution in [2.75, 3.05) is 13.7 Å². The van der Waals surface area contributed by atoms with Gasteiger partial charge < -0.3 is 9.15 Å². The largest absolute Gasteiger partial charge is 0.468 e. The number of hydrogen-bond donors (Lipinski definition) is 0. The maximum Gasteiger partial charge on any atom is 0.416 e. The predicted molar refractivity (Wildman–Crippen MR) is 91.7 cm³/mol. The van der Waals surface area contributed by atoms with Crippen LogP contribution in [0, 0.1) is 6.92 Å². The molecule has 2 aromatic rings. The summed E-state index contributed by atoms with van der Waals surface area (Å²) >= 11 is 0. The standard InChI is InChI=1S/C19H21F3N2O3/c1-12-15(11-24-9-4-3-8-16(24)18(25)26-2)23-17(27-12)13-6-5-7-14(10-13)19(20,21)22/h5-7,10,16H,3-4,8-9,11H2,1-2H3/t16-/m0/s1. The second kappa shape index (κ2) is 7.72. The van der Waals surface area contributed by atoms with Gasteiger partial charge in [0.2, 0.25) is 5.89 Å². The minimum atomic E-state index is -4.43. The van der Waals surface area contributed by atoms with Crippen LogP contribution in [-0.4, -0.2) is 35.5 Å². The summed E-state index contributed by atoms with van der Waals surface area (Å²) in [6.07, 6.45) is -1.81. The zero-order chi connectivity index (χ0) is 19.6. The highest BCUT2D eigenvalue weighted by molar-refractivity contribution is 5.75. The quantitative estimate of drug-likeness (QED) is 0.742. The van der Waals surface area contributed by atoms with E-state index in [1.165, 1.54) is 19.2 Å². The number of carbonyl (C=O) groups is 1. The summed E-state index contributed by atoms with van der Waals surface area (Å²) in [4.78, 5) is 18.4. The Bertz CT molecular complexity index is 817. The van der Waals surface area contributed by atoms with Crippen molar-refractivity contribution in [3.8, 4) is 11.5 Å². The third-order valence-corrected chi connectivity index (χ3v) is 4.77. The van der Waals surface area contributed by atoms with E-state index in [0.29, 0.717) is 24.4 Å². The first kappa shape index (κ1) is 19.4. The number of benzene rings is 1. The van der Waals surface area contributed by atoms with E-state index in [0.717, 1.165) is 31.5 Å². The molecule has 1 aliphatic rings. The van der Waals surface area contributed by atoms with Crippen LogP contribution in [0.1, 0.15) is 36.3 Å². The van der Waals surface area contributed by atoms with Crippen LogP contribution in [0.25, 0.3) is 11.5 Å². The molecule has 1 atom stereocenters. The van der Waals surface area contributed by atoms with Gasteiger partial charge in [-0.1, -0.05) is 12.5 Å². The summed E-state index contributed by atoms with van der Waals surface area (Å²) in [5.74, 6) is 0.380. The lowest BCUT2D eigenvalue weighted by Crippen LogP contribution is -2.44. The molecule has 0 bridgehead atoms. The van der Waals surface area contributed by atoms with E-state index in [2.05, 4.69) is 4.98 Å². The topological polar surface area (TPSA) is 55.6 Å². The van der Waals surface area contributed by atoms with E-state index >= 15 is 0 Å². The molecule has 1 aromatic carbocycles. The van der Waals surface area contributed by atoms with Gasteiger partial charge in [0.1, 0.15) is 11.8 Å². The fourth-order valence-corrected chi connectivity index (χ4v) is 3.30. The second-order valence-corrected chi connectivity index (χ2v) is 6.61. The highest BCUT2D eigenvalue weighted by Gasteiger charge is 2.32. The fraction of sp³-hybridized carbons (Fsp3) is 0.474. The first-order valence-corrected chi connectivity index (χ1v) is 8.75. The van der Waals surface area contributed by atoms with Crippen molar-refractivity contribution in [1.29, 1.82) is 0 Å². The highest BCUT2D eigenvalue weighted by atomic mass is 19.4. The molecule has 1 saturated heterocycles. The fourth-order valence-electron chi connectivity index (χ4n) is 3.30. The summed E-state index contributed by atoms with van der Waals surface area (Å²) in [6, 6.07) is 4.55. The van der Waals surface area contributed by atoms with Crippen LogP contribution in [-0.2, 0) is 22.3 Å². The number of halogens is 3. The predicted octanol–water partition coefficient (Wildman–Crippen LogP) is 4.20. The minimum absolute atomic E-state index is 0.139. The van der Waals surface area contributed by atoms with Crippen molar-refractivity contribution in [3.05, 3.63) is 41.3 Å². The monoisotopic (exact) mass is 382 g/mol. The molecular formula is C19H21F3N2O3. The highest BCUT2D eigenvalue weighted by Crippen LogP contribution is 2.32. The number of aromatic nitrogens is 1. The normalized spacial score (nSPS) is 18.5. The van der Waals surface area contributed by atoms with E-state index in [9.17, 15) is 18.0 Å². The number of ether oxygens (including phenoxy) is 1. The Kier molecular flexibility index (Phi) is 5.55. The van der Waals surface area contributed by atoms with Crippen molar-refractivity contribution in [2.45, 2.75) is 44.9 Å². The van der Waals surface area contributed by atoms with Gasteiger partial charge in [-0.3, -0.25) is 9.69 Å². The number of carbonyl (C=O) groups excluding carboxylic acids is 1. The van der Waals surface area contributed by atoms with E-state index in [1.54, 1.807) is 6.92 Å². The molecule has 27 heavy (non-hydrogen) atoms. The third kappa shape index (κ3) is 4.32. The number of piperidine rings is 1. The van der Waals surface area contributed by atoms with Crippen LogP contribution in [0.2, 0.25) is 0 Å². The zero-order valence-corrected chi connectivity index (χ0v) is 15.2. The molecule has 8 heteroatoms. The molecule has 0 saturated carbocycles. The van der Waals surface area contributed by atoms with Gasteiger partial charge in [-0.2, -0.15) is 13.2 Å². The van der Waals surface area contributed by atoms with E-state index < -0.39 is 11.7 Å². The average Bonchev–Trinajstić information content (AvgIpc) is 3.01. The van der Waals surface area contributed by atoms with Crippen molar-refractivity contribution >= 4 is 5.97 Å². The molecule has 0 radical (unpaired) electrons. The lowest BCUT2D eigenvalue weighted by molar-refractivity contribution is -0.148. The molecule has 1 aliphatic heterocycles. The average molecular weight is 382 g/mol. The minimum Gasteiger partial charge on any atom is -0.468 e. The summed E-state index contributed by atoms with van der Waals surface area (Å²) in [6.45, 7) is 2.83. The smallest absolute Gasteiger partial charge is 0.416 e. The molecule has 1 fully saturated rings. The molecule has 3 rings (SSSR count). The number of esters is 1. The Labute approximate surface area is 155 Å². The number of rotatable bonds is 4. The molecule has 2 heterocycles. The number of methoxy groups -OCH3 is 1. The molecule has 0 amide bonds. The Balaban J connectivity index is 1.83. The molecule has 0 unspecified atom stereocenters. The van der Waals surface area contributed by atoms with Gasteiger partial charge >= 0.3 is 12.1 Å². The van der Waals surface area contributed by atoms with Gasteiger partial charge in [-0.05, 0) is 44.5 Å². The van der Waals surface area contributed by atoms with Crippen molar-refractivity contribution < 1.29 is 27.1 Å². The Hall–Kier alpha value is -2.35. The van der Waals surface area contributed by atoms with Crippen LogP contribution in [0.3, 0.4) is 0 Å². The maximum absolute atomic E-state index is 12.9. The number of oxazole rings is 1. The Morgan fingerprint density at radius 1 is 1.37 bits per heavy atom. The SMILES string of the molecule is COC(=O)[C@@H]1CCCCN1Cc1nc(-c2cccc(C(F)(F)F)c2)oc1C. The molecule has 146 valence electrons. The molecule has 5 nitrogen and oxygen atoms in total. The summed E-state index contributed by atoms with van der Waals surface area (Å²) in [7, 11) is 1.36. The van der Waals surface area contributed by atoms with Gasteiger partial charge in [-0.25, -0.2) is 4.98 Å². The van der Waals surface area contributed by atoms with Crippen molar-refractivity contribution in [2.24, 2.45) is 0 Å². The Morgan fingerprint density at radius 3 is 2.85 bits per heavy atom. The van der Waals surface area contributed by atoms with E-state index in [-0.39, 0.29) is 23.5 Å². The first-order chi connectivity index (χ1) is 12.8. The van der Waals surface area contributed by atoms with Gasteiger partial charge in [-0.15, -0.1) is 0 Å².